The number of rotatable bonds is 3. The second kappa shape index (κ2) is 6.78. The molecule has 6 nitrogen and oxygen atoms in total. The van der Waals surface area contributed by atoms with Crippen molar-refractivity contribution in [3.63, 3.8) is 0 Å². The lowest BCUT2D eigenvalue weighted by molar-refractivity contribution is -0.129. The topological polar surface area (TPSA) is 60.5 Å². The van der Waals surface area contributed by atoms with E-state index in [2.05, 4.69) is 32.7 Å². The first kappa shape index (κ1) is 16.1. The molecule has 0 radical (unpaired) electrons. The van der Waals surface area contributed by atoms with Crippen molar-refractivity contribution < 1.29 is 4.79 Å². The third-order valence-corrected chi connectivity index (χ3v) is 4.13. The number of fused-ring (bicyclic) bond motifs is 1. The minimum Gasteiger partial charge on any atom is -0.383 e. The molecular weight excluding hydrogens is 302 g/mol. The number of nitrogens with one attached hydrogen (secondary N) is 2. The van der Waals surface area contributed by atoms with Crippen LogP contribution in [0.3, 0.4) is 0 Å². The SMILES string of the molecule is CC(=O)N1CCNc2cc(Nc3cccc(N(C)C)c3)ncc2C1. The Morgan fingerprint density at radius 3 is 2.92 bits per heavy atom. The number of carbonyl (C=O) groups is 1. The van der Waals surface area contributed by atoms with Gasteiger partial charge in [0, 0.05) is 75.5 Å². The molecule has 3 rings (SSSR count). The molecule has 126 valence electrons. The van der Waals surface area contributed by atoms with Gasteiger partial charge in [-0.25, -0.2) is 4.98 Å². The summed E-state index contributed by atoms with van der Waals surface area (Å²) >= 11 is 0. The summed E-state index contributed by atoms with van der Waals surface area (Å²) in [7, 11) is 4.04. The summed E-state index contributed by atoms with van der Waals surface area (Å²) in [5.74, 6) is 0.876. The summed E-state index contributed by atoms with van der Waals surface area (Å²) in [6.45, 7) is 3.65. The fraction of sp³-hybridized carbons (Fsp3) is 0.333. The molecule has 0 fully saturated rings. The van der Waals surface area contributed by atoms with Gasteiger partial charge < -0.3 is 20.4 Å². The van der Waals surface area contributed by atoms with Gasteiger partial charge in [0.25, 0.3) is 0 Å². The van der Waals surface area contributed by atoms with Gasteiger partial charge >= 0.3 is 0 Å². The van der Waals surface area contributed by atoms with Crippen molar-refractivity contribution in [3.8, 4) is 0 Å². The van der Waals surface area contributed by atoms with E-state index in [9.17, 15) is 4.79 Å². The lowest BCUT2D eigenvalue weighted by Crippen LogP contribution is -2.30. The van der Waals surface area contributed by atoms with Gasteiger partial charge in [0.15, 0.2) is 0 Å². The summed E-state index contributed by atoms with van der Waals surface area (Å²) in [6, 6.07) is 10.2. The predicted octanol–water partition coefficient (Wildman–Crippen LogP) is 2.67. The van der Waals surface area contributed by atoms with Crippen molar-refractivity contribution in [1.82, 2.24) is 9.88 Å². The smallest absolute Gasteiger partial charge is 0.219 e. The molecule has 24 heavy (non-hydrogen) atoms. The van der Waals surface area contributed by atoms with Crippen LogP contribution in [0.4, 0.5) is 22.9 Å². The summed E-state index contributed by atoms with van der Waals surface area (Å²) < 4.78 is 0. The first-order chi connectivity index (χ1) is 11.5. The molecule has 0 spiro atoms. The third-order valence-electron chi connectivity index (χ3n) is 4.13. The summed E-state index contributed by atoms with van der Waals surface area (Å²) in [5.41, 5.74) is 4.19. The summed E-state index contributed by atoms with van der Waals surface area (Å²) in [5, 5.41) is 6.73. The van der Waals surface area contributed by atoms with Crippen molar-refractivity contribution in [2.24, 2.45) is 0 Å². The molecular formula is C18H23N5O. The molecule has 0 aliphatic carbocycles. The van der Waals surface area contributed by atoms with E-state index in [1.165, 1.54) is 0 Å². The molecule has 2 N–H and O–H groups in total. The van der Waals surface area contributed by atoms with E-state index >= 15 is 0 Å². The Balaban J connectivity index is 1.80. The quantitative estimate of drug-likeness (QED) is 0.908. The van der Waals surface area contributed by atoms with Crippen LogP contribution in [0.25, 0.3) is 0 Å². The van der Waals surface area contributed by atoms with Crippen LogP contribution in [0.2, 0.25) is 0 Å². The number of aromatic nitrogens is 1. The maximum absolute atomic E-state index is 11.6. The zero-order valence-electron chi connectivity index (χ0n) is 14.3. The molecule has 0 saturated heterocycles. The van der Waals surface area contributed by atoms with Crippen LogP contribution >= 0.6 is 0 Å². The Kier molecular flexibility index (Phi) is 4.55. The van der Waals surface area contributed by atoms with Gasteiger partial charge in [0.2, 0.25) is 5.91 Å². The number of carbonyl (C=O) groups excluding carboxylic acids is 1. The molecule has 1 aromatic heterocycles. The molecule has 0 bridgehead atoms. The van der Waals surface area contributed by atoms with Crippen molar-refractivity contribution in [3.05, 3.63) is 42.1 Å². The molecule has 6 heteroatoms. The van der Waals surface area contributed by atoms with Crippen molar-refractivity contribution in [2.45, 2.75) is 13.5 Å². The van der Waals surface area contributed by atoms with E-state index in [-0.39, 0.29) is 5.91 Å². The number of anilines is 4. The predicted molar refractivity (Wildman–Crippen MR) is 97.9 cm³/mol. The number of benzene rings is 1. The molecule has 2 aromatic rings. The fourth-order valence-electron chi connectivity index (χ4n) is 2.73. The number of amides is 1. The monoisotopic (exact) mass is 325 g/mol. The second-order valence-corrected chi connectivity index (χ2v) is 6.16. The van der Waals surface area contributed by atoms with E-state index < -0.39 is 0 Å². The van der Waals surface area contributed by atoms with Gasteiger partial charge in [-0.2, -0.15) is 0 Å². The van der Waals surface area contributed by atoms with Gasteiger partial charge in [-0.15, -0.1) is 0 Å². The zero-order valence-corrected chi connectivity index (χ0v) is 14.3. The lowest BCUT2D eigenvalue weighted by Gasteiger charge is -2.18. The molecule has 1 aliphatic rings. The molecule has 0 saturated carbocycles. The molecule has 0 unspecified atom stereocenters. The fourth-order valence-corrected chi connectivity index (χ4v) is 2.73. The van der Waals surface area contributed by atoms with Gasteiger partial charge in [-0.05, 0) is 18.2 Å². The van der Waals surface area contributed by atoms with Crippen LogP contribution < -0.4 is 15.5 Å². The number of hydrogen-bond acceptors (Lipinski definition) is 5. The highest BCUT2D eigenvalue weighted by Crippen LogP contribution is 2.25. The maximum Gasteiger partial charge on any atom is 0.219 e. The number of hydrogen-bond donors (Lipinski definition) is 2. The van der Waals surface area contributed by atoms with Crippen LogP contribution in [0.5, 0.6) is 0 Å². The van der Waals surface area contributed by atoms with E-state index in [0.29, 0.717) is 13.1 Å². The van der Waals surface area contributed by atoms with Crippen molar-refractivity contribution in [1.29, 1.82) is 0 Å². The van der Waals surface area contributed by atoms with Crippen molar-refractivity contribution >= 4 is 28.8 Å². The molecule has 2 heterocycles. The van der Waals surface area contributed by atoms with Crippen LogP contribution in [0, 0.1) is 0 Å². The second-order valence-electron chi connectivity index (χ2n) is 6.16. The van der Waals surface area contributed by atoms with Gasteiger partial charge in [0.05, 0.1) is 0 Å². The van der Waals surface area contributed by atoms with Gasteiger partial charge in [0.1, 0.15) is 5.82 Å². The molecule has 1 aliphatic heterocycles. The highest BCUT2D eigenvalue weighted by Gasteiger charge is 2.16. The molecule has 0 atom stereocenters. The Morgan fingerprint density at radius 2 is 2.17 bits per heavy atom. The summed E-state index contributed by atoms with van der Waals surface area (Å²) in [4.78, 5) is 20.0. The Bertz CT molecular complexity index is 744. The largest absolute Gasteiger partial charge is 0.383 e. The van der Waals surface area contributed by atoms with E-state index in [1.807, 2.05) is 43.4 Å². The third kappa shape index (κ3) is 3.59. The standard InChI is InChI=1S/C18H23N5O/c1-13(24)23-8-7-19-17-10-18(20-11-14(17)12-23)21-15-5-4-6-16(9-15)22(2)3/h4-6,9-11,19H,7-8,12H2,1-3H3,(H,20,21). The van der Waals surface area contributed by atoms with E-state index in [1.54, 1.807) is 6.92 Å². The van der Waals surface area contributed by atoms with E-state index in [4.69, 9.17) is 0 Å². The minimum atomic E-state index is 0.0901. The van der Waals surface area contributed by atoms with Crippen LogP contribution in [0.15, 0.2) is 36.5 Å². The zero-order chi connectivity index (χ0) is 17.1. The first-order valence-corrected chi connectivity index (χ1v) is 8.05. The van der Waals surface area contributed by atoms with Crippen molar-refractivity contribution in [2.75, 3.05) is 42.7 Å². The number of pyridine rings is 1. The number of nitrogens with zero attached hydrogens (tertiary/aromatic N) is 3. The Morgan fingerprint density at radius 1 is 1.33 bits per heavy atom. The van der Waals surface area contributed by atoms with Crippen LogP contribution in [-0.4, -0.2) is 43.0 Å². The highest BCUT2D eigenvalue weighted by atomic mass is 16.2. The lowest BCUT2D eigenvalue weighted by atomic mass is 10.2. The average Bonchev–Trinajstić information content (AvgIpc) is 2.77. The van der Waals surface area contributed by atoms with E-state index in [0.717, 1.165) is 35.0 Å². The maximum atomic E-state index is 11.6. The highest BCUT2D eigenvalue weighted by molar-refractivity contribution is 5.74. The first-order valence-electron chi connectivity index (χ1n) is 8.05. The Hall–Kier alpha value is -2.76. The normalized spacial score (nSPS) is 13.5. The summed E-state index contributed by atoms with van der Waals surface area (Å²) in [6.07, 6.45) is 1.84. The Labute approximate surface area is 142 Å². The minimum absolute atomic E-state index is 0.0901. The molecule has 1 aromatic carbocycles. The van der Waals surface area contributed by atoms with Crippen LogP contribution in [-0.2, 0) is 11.3 Å². The van der Waals surface area contributed by atoms with Gasteiger partial charge in [-0.1, -0.05) is 6.07 Å². The average molecular weight is 325 g/mol. The molecule has 1 amide bonds. The van der Waals surface area contributed by atoms with Gasteiger partial charge in [-0.3, -0.25) is 4.79 Å². The van der Waals surface area contributed by atoms with Crippen LogP contribution in [0.1, 0.15) is 12.5 Å².